The van der Waals surface area contributed by atoms with Crippen LogP contribution in [0.4, 0.5) is 11.4 Å². The molecule has 0 fully saturated rings. The molecule has 0 aliphatic rings. The molecule has 5 aromatic rings. The second-order valence-electron chi connectivity index (χ2n) is 6.61. The van der Waals surface area contributed by atoms with Gasteiger partial charge in [-0.05, 0) is 47.5 Å². The number of fused-ring (bicyclic) bond motifs is 1. The van der Waals surface area contributed by atoms with Gasteiger partial charge in [-0.15, -0.1) is 0 Å². The number of anilines is 2. The Hall–Kier alpha value is -3.85. The Bertz CT molecular complexity index is 1210. The third-order valence-electron chi connectivity index (χ3n) is 4.71. The predicted molar refractivity (Wildman–Crippen MR) is 115 cm³/mol. The van der Waals surface area contributed by atoms with Gasteiger partial charge in [0.2, 0.25) is 5.89 Å². The highest BCUT2D eigenvalue weighted by Crippen LogP contribution is 2.31. The summed E-state index contributed by atoms with van der Waals surface area (Å²) in [4.78, 5) is 4.72. The van der Waals surface area contributed by atoms with Gasteiger partial charge in [-0.3, -0.25) is 0 Å². The van der Waals surface area contributed by atoms with Crippen molar-refractivity contribution in [2.45, 2.75) is 0 Å². The van der Waals surface area contributed by atoms with Gasteiger partial charge in [0.15, 0.2) is 5.58 Å². The Balaban J connectivity index is 1.46. The number of rotatable bonds is 4. The van der Waals surface area contributed by atoms with Crippen molar-refractivity contribution in [3.05, 3.63) is 103 Å². The van der Waals surface area contributed by atoms with Gasteiger partial charge in [0.25, 0.3) is 0 Å². The lowest BCUT2D eigenvalue weighted by Crippen LogP contribution is -1.91. The molecule has 0 saturated carbocycles. The molecule has 3 nitrogen and oxygen atoms in total. The van der Waals surface area contributed by atoms with Crippen LogP contribution >= 0.6 is 0 Å². The van der Waals surface area contributed by atoms with Gasteiger partial charge < -0.3 is 9.73 Å². The van der Waals surface area contributed by atoms with Crippen LogP contribution in [0.3, 0.4) is 0 Å². The van der Waals surface area contributed by atoms with Crippen LogP contribution in [0, 0.1) is 0 Å². The molecule has 5 rings (SSSR count). The molecule has 0 radical (unpaired) electrons. The van der Waals surface area contributed by atoms with E-state index in [9.17, 15) is 0 Å². The topological polar surface area (TPSA) is 38.1 Å². The number of benzene rings is 4. The Morgan fingerprint density at radius 2 is 1.21 bits per heavy atom. The van der Waals surface area contributed by atoms with Crippen molar-refractivity contribution in [3.63, 3.8) is 0 Å². The van der Waals surface area contributed by atoms with Gasteiger partial charge in [0, 0.05) is 11.3 Å². The molecule has 0 aliphatic carbocycles. The fourth-order valence-corrected chi connectivity index (χ4v) is 3.29. The molecular weight excluding hydrogens is 344 g/mol. The van der Waals surface area contributed by atoms with Crippen molar-refractivity contribution in [3.8, 4) is 22.6 Å². The van der Waals surface area contributed by atoms with Crippen molar-refractivity contribution in [1.29, 1.82) is 0 Å². The second kappa shape index (κ2) is 7.05. The Labute approximate surface area is 163 Å². The molecule has 134 valence electrons. The van der Waals surface area contributed by atoms with Crippen LogP contribution < -0.4 is 5.32 Å². The first kappa shape index (κ1) is 16.3. The zero-order chi connectivity index (χ0) is 18.8. The second-order valence-corrected chi connectivity index (χ2v) is 6.61. The quantitative estimate of drug-likeness (QED) is 0.378. The Morgan fingerprint density at radius 3 is 1.93 bits per heavy atom. The van der Waals surface area contributed by atoms with Crippen LogP contribution in [0.5, 0.6) is 0 Å². The molecule has 4 aromatic carbocycles. The van der Waals surface area contributed by atoms with E-state index in [1.54, 1.807) is 0 Å². The molecule has 1 N–H and O–H groups in total. The molecule has 28 heavy (non-hydrogen) atoms. The minimum absolute atomic E-state index is 0.629. The lowest BCUT2D eigenvalue weighted by molar-refractivity contribution is 0.620. The van der Waals surface area contributed by atoms with E-state index in [2.05, 4.69) is 53.8 Å². The van der Waals surface area contributed by atoms with E-state index in [0.717, 1.165) is 28.0 Å². The Morgan fingerprint density at radius 1 is 0.571 bits per heavy atom. The molecule has 0 unspecified atom stereocenters. The van der Waals surface area contributed by atoms with Gasteiger partial charge in [0.05, 0.1) is 5.69 Å². The van der Waals surface area contributed by atoms with Crippen LogP contribution in [0.25, 0.3) is 33.7 Å². The minimum atomic E-state index is 0.629. The average Bonchev–Trinajstić information content (AvgIpc) is 3.21. The Kier molecular flexibility index (Phi) is 4.11. The van der Waals surface area contributed by atoms with Crippen molar-refractivity contribution < 1.29 is 4.42 Å². The van der Waals surface area contributed by atoms with E-state index in [0.29, 0.717) is 5.89 Å². The van der Waals surface area contributed by atoms with E-state index >= 15 is 0 Å². The maximum absolute atomic E-state index is 5.96. The van der Waals surface area contributed by atoms with E-state index < -0.39 is 0 Å². The summed E-state index contributed by atoms with van der Waals surface area (Å²) >= 11 is 0. The standard InChI is InChI=1S/C25H18N2O/c1-3-8-18(9-4-1)19-14-16-21(17-15-19)26-22-12-7-13-23-24(22)27-25(28-23)20-10-5-2-6-11-20/h1-17,26H. The monoisotopic (exact) mass is 362 g/mol. The number of hydrogen-bond acceptors (Lipinski definition) is 3. The smallest absolute Gasteiger partial charge is 0.227 e. The summed E-state index contributed by atoms with van der Waals surface area (Å²) in [5, 5.41) is 3.47. The summed E-state index contributed by atoms with van der Waals surface area (Å²) < 4.78 is 5.96. The lowest BCUT2D eigenvalue weighted by atomic mass is 10.1. The highest BCUT2D eigenvalue weighted by Gasteiger charge is 2.11. The zero-order valence-electron chi connectivity index (χ0n) is 15.2. The van der Waals surface area contributed by atoms with Crippen molar-refractivity contribution >= 4 is 22.5 Å². The number of nitrogens with zero attached hydrogens (tertiary/aromatic N) is 1. The molecule has 1 heterocycles. The summed E-state index contributed by atoms with van der Waals surface area (Å²) in [6, 6.07) is 34.7. The summed E-state index contributed by atoms with van der Waals surface area (Å²) in [6.07, 6.45) is 0. The summed E-state index contributed by atoms with van der Waals surface area (Å²) in [5.74, 6) is 0.629. The van der Waals surface area contributed by atoms with Crippen LogP contribution in [0.1, 0.15) is 0 Å². The normalized spacial score (nSPS) is 10.9. The van der Waals surface area contributed by atoms with Gasteiger partial charge in [-0.25, -0.2) is 4.98 Å². The third kappa shape index (κ3) is 3.14. The van der Waals surface area contributed by atoms with Crippen LogP contribution in [0.2, 0.25) is 0 Å². The molecule has 0 bridgehead atoms. The molecule has 0 atom stereocenters. The van der Waals surface area contributed by atoms with Crippen LogP contribution in [-0.2, 0) is 0 Å². The van der Waals surface area contributed by atoms with Crippen molar-refractivity contribution in [2.75, 3.05) is 5.32 Å². The highest BCUT2D eigenvalue weighted by molar-refractivity contribution is 5.90. The van der Waals surface area contributed by atoms with Crippen molar-refractivity contribution in [1.82, 2.24) is 4.98 Å². The van der Waals surface area contributed by atoms with Gasteiger partial charge in [-0.2, -0.15) is 0 Å². The minimum Gasteiger partial charge on any atom is -0.436 e. The highest BCUT2D eigenvalue weighted by atomic mass is 16.3. The number of aromatic nitrogens is 1. The predicted octanol–water partition coefficient (Wildman–Crippen LogP) is 6.91. The molecule has 3 heteroatoms. The lowest BCUT2D eigenvalue weighted by Gasteiger charge is -2.08. The molecular formula is C25H18N2O. The summed E-state index contributed by atoms with van der Waals surface area (Å²) in [7, 11) is 0. The first-order valence-electron chi connectivity index (χ1n) is 9.24. The number of nitrogens with one attached hydrogen (secondary N) is 1. The molecule has 1 aromatic heterocycles. The molecule has 0 saturated heterocycles. The SMILES string of the molecule is c1ccc(-c2ccc(Nc3cccc4oc(-c5ccccc5)nc34)cc2)cc1. The maximum Gasteiger partial charge on any atom is 0.227 e. The molecule has 0 amide bonds. The van der Waals surface area contributed by atoms with Crippen LogP contribution in [-0.4, -0.2) is 4.98 Å². The van der Waals surface area contributed by atoms with Gasteiger partial charge in [-0.1, -0.05) is 66.7 Å². The largest absolute Gasteiger partial charge is 0.436 e. The van der Waals surface area contributed by atoms with E-state index in [-0.39, 0.29) is 0 Å². The third-order valence-corrected chi connectivity index (χ3v) is 4.71. The fraction of sp³-hybridized carbons (Fsp3) is 0. The first-order chi connectivity index (χ1) is 13.9. The number of para-hydroxylation sites is 1. The van der Waals surface area contributed by atoms with E-state index in [1.807, 2.05) is 54.6 Å². The number of oxazole rings is 1. The summed E-state index contributed by atoms with van der Waals surface area (Å²) in [5.41, 5.74) is 6.90. The molecule has 0 spiro atoms. The van der Waals surface area contributed by atoms with Crippen LogP contribution in [0.15, 0.2) is 108 Å². The molecule has 0 aliphatic heterocycles. The van der Waals surface area contributed by atoms with Crippen molar-refractivity contribution in [2.24, 2.45) is 0 Å². The first-order valence-corrected chi connectivity index (χ1v) is 9.24. The van der Waals surface area contributed by atoms with E-state index in [4.69, 9.17) is 9.40 Å². The average molecular weight is 362 g/mol. The van der Waals surface area contributed by atoms with Gasteiger partial charge >= 0.3 is 0 Å². The zero-order valence-corrected chi connectivity index (χ0v) is 15.2. The summed E-state index contributed by atoms with van der Waals surface area (Å²) in [6.45, 7) is 0. The number of hydrogen-bond donors (Lipinski definition) is 1. The van der Waals surface area contributed by atoms with E-state index in [1.165, 1.54) is 11.1 Å². The fourth-order valence-electron chi connectivity index (χ4n) is 3.29. The van der Waals surface area contributed by atoms with Gasteiger partial charge in [0.1, 0.15) is 5.52 Å². The maximum atomic E-state index is 5.96.